The molecule has 3 N–H and O–H groups in total. The zero-order valence-electron chi connectivity index (χ0n) is 7.67. The molecule has 0 fully saturated rings. The molecule has 0 saturated heterocycles. The van der Waals surface area contributed by atoms with Crippen LogP contribution in [0.5, 0.6) is 0 Å². The first-order chi connectivity index (χ1) is 6.35. The van der Waals surface area contributed by atoms with Crippen LogP contribution in [-0.2, 0) is 13.0 Å². The van der Waals surface area contributed by atoms with E-state index >= 15 is 0 Å². The van der Waals surface area contributed by atoms with Crippen molar-refractivity contribution in [1.29, 1.82) is 0 Å². The molecule has 0 bridgehead atoms. The number of nitrogens with one attached hydrogen (secondary N) is 1. The van der Waals surface area contributed by atoms with E-state index in [1.54, 1.807) is 0 Å². The summed E-state index contributed by atoms with van der Waals surface area (Å²) in [4.78, 5) is 0. The second-order valence-electron chi connectivity index (χ2n) is 3.14. The number of aryl methyl sites for hydroxylation is 1. The molecule has 1 heterocycles. The molecule has 0 aliphatic carbocycles. The van der Waals surface area contributed by atoms with E-state index in [0.717, 1.165) is 17.3 Å². The molecular weight excluding hydrogens is 162 g/mol. The number of nitrogens with two attached hydrogens (primary N) is 1. The van der Waals surface area contributed by atoms with Gasteiger partial charge in [-0.3, -0.25) is 5.10 Å². The maximum absolute atomic E-state index is 5.66. The number of hydrogen-bond acceptors (Lipinski definition) is 2. The van der Waals surface area contributed by atoms with Crippen molar-refractivity contribution in [2.24, 2.45) is 5.73 Å². The van der Waals surface area contributed by atoms with Gasteiger partial charge in [-0.2, -0.15) is 5.10 Å². The standard InChI is InChI=1S/C10H13N3/c1-2-7-4-10-9(6-12-13-10)3-8(7)5-11/h3-4,6H,2,5,11H2,1H3,(H,12,13). The van der Waals surface area contributed by atoms with E-state index < -0.39 is 0 Å². The molecule has 68 valence electrons. The van der Waals surface area contributed by atoms with Gasteiger partial charge in [-0.25, -0.2) is 0 Å². The summed E-state index contributed by atoms with van der Waals surface area (Å²) in [6, 6.07) is 4.24. The molecule has 1 aromatic heterocycles. The number of hydrogen-bond donors (Lipinski definition) is 2. The second kappa shape index (κ2) is 3.18. The topological polar surface area (TPSA) is 54.7 Å². The van der Waals surface area contributed by atoms with E-state index in [4.69, 9.17) is 5.73 Å². The first-order valence-corrected chi connectivity index (χ1v) is 4.50. The lowest BCUT2D eigenvalue weighted by molar-refractivity contribution is 1.01. The highest BCUT2D eigenvalue weighted by molar-refractivity contribution is 5.79. The number of aromatic amines is 1. The van der Waals surface area contributed by atoms with Gasteiger partial charge in [0.25, 0.3) is 0 Å². The van der Waals surface area contributed by atoms with Crippen LogP contribution in [0.3, 0.4) is 0 Å². The summed E-state index contributed by atoms with van der Waals surface area (Å²) in [5.41, 5.74) is 9.27. The zero-order valence-corrected chi connectivity index (χ0v) is 7.67. The molecule has 0 amide bonds. The van der Waals surface area contributed by atoms with Gasteiger partial charge in [0.05, 0.1) is 11.7 Å². The molecule has 0 aliphatic rings. The van der Waals surface area contributed by atoms with Gasteiger partial charge in [0.2, 0.25) is 0 Å². The maximum atomic E-state index is 5.66. The van der Waals surface area contributed by atoms with Crippen molar-refractivity contribution in [3.05, 3.63) is 29.5 Å². The summed E-state index contributed by atoms with van der Waals surface area (Å²) in [6.07, 6.45) is 2.84. The SMILES string of the molecule is CCc1cc2[nH]ncc2cc1CN. The molecule has 0 spiro atoms. The predicted molar refractivity (Wildman–Crippen MR) is 53.4 cm³/mol. The normalized spacial score (nSPS) is 10.9. The van der Waals surface area contributed by atoms with Crippen LogP contribution in [0.4, 0.5) is 0 Å². The number of H-pyrrole nitrogens is 1. The second-order valence-corrected chi connectivity index (χ2v) is 3.14. The lowest BCUT2D eigenvalue weighted by Crippen LogP contribution is -2.00. The minimum Gasteiger partial charge on any atom is -0.326 e. The number of rotatable bonds is 2. The van der Waals surface area contributed by atoms with Gasteiger partial charge in [-0.05, 0) is 29.7 Å². The Bertz CT molecular complexity index is 379. The van der Waals surface area contributed by atoms with E-state index in [1.165, 1.54) is 11.1 Å². The molecule has 3 heteroatoms. The highest BCUT2D eigenvalue weighted by Gasteiger charge is 2.02. The van der Waals surface area contributed by atoms with Gasteiger partial charge in [0.15, 0.2) is 0 Å². The average Bonchev–Trinajstić information content (AvgIpc) is 2.62. The summed E-state index contributed by atoms with van der Waals surface area (Å²) >= 11 is 0. The van der Waals surface area contributed by atoms with Gasteiger partial charge in [0, 0.05) is 11.9 Å². The molecule has 3 nitrogen and oxygen atoms in total. The van der Waals surface area contributed by atoms with Crippen LogP contribution in [0.25, 0.3) is 10.9 Å². The first kappa shape index (κ1) is 8.26. The molecule has 0 atom stereocenters. The fourth-order valence-electron chi connectivity index (χ4n) is 1.60. The van der Waals surface area contributed by atoms with Gasteiger partial charge in [-0.15, -0.1) is 0 Å². The Morgan fingerprint density at radius 3 is 2.92 bits per heavy atom. The Hall–Kier alpha value is -1.35. The Morgan fingerprint density at radius 2 is 2.23 bits per heavy atom. The van der Waals surface area contributed by atoms with Gasteiger partial charge in [-0.1, -0.05) is 6.92 Å². The predicted octanol–water partition coefficient (Wildman–Crippen LogP) is 1.58. The number of nitrogens with zero attached hydrogens (tertiary/aromatic N) is 1. The Balaban J connectivity index is 2.67. The third-order valence-electron chi connectivity index (χ3n) is 2.36. The highest BCUT2D eigenvalue weighted by Crippen LogP contribution is 2.18. The third kappa shape index (κ3) is 1.31. The summed E-state index contributed by atoms with van der Waals surface area (Å²) in [6.45, 7) is 2.74. The van der Waals surface area contributed by atoms with Crippen molar-refractivity contribution in [3.63, 3.8) is 0 Å². The maximum Gasteiger partial charge on any atom is 0.0653 e. The zero-order chi connectivity index (χ0) is 9.26. The molecule has 1 aromatic carbocycles. The summed E-state index contributed by atoms with van der Waals surface area (Å²) in [5, 5.41) is 8.08. The van der Waals surface area contributed by atoms with Crippen LogP contribution in [-0.4, -0.2) is 10.2 Å². The molecule has 0 aliphatic heterocycles. The lowest BCUT2D eigenvalue weighted by Gasteiger charge is -2.04. The van der Waals surface area contributed by atoms with Crippen LogP contribution < -0.4 is 5.73 Å². The molecule has 2 rings (SSSR count). The highest BCUT2D eigenvalue weighted by atomic mass is 15.1. The first-order valence-electron chi connectivity index (χ1n) is 4.50. The van der Waals surface area contributed by atoms with Crippen LogP contribution in [0.1, 0.15) is 18.1 Å². The van der Waals surface area contributed by atoms with E-state index in [-0.39, 0.29) is 0 Å². The van der Waals surface area contributed by atoms with Crippen molar-refractivity contribution in [2.75, 3.05) is 0 Å². The van der Waals surface area contributed by atoms with Gasteiger partial charge < -0.3 is 5.73 Å². The lowest BCUT2D eigenvalue weighted by atomic mass is 10.0. The van der Waals surface area contributed by atoms with Crippen molar-refractivity contribution in [3.8, 4) is 0 Å². The quantitative estimate of drug-likeness (QED) is 0.728. The van der Waals surface area contributed by atoms with Crippen LogP contribution in [0, 0.1) is 0 Å². The summed E-state index contributed by atoms with van der Waals surface area (Å²) in [7, 11) is 0. The van der Waals surface area contributed by atoms with Crippen molar-refractivity contribution in [1.82, 2.24) is 10.2 Å². The average molecular weight is 175 g/mol. The van der Waals surface area contributed by atoms with E-state index in [0.29, 0.717) is 6.54 Å². The van der Waals surface area contributed by atoms with Crippen LogP contribution in [0.2, 0.25) is 0 Å². The van der Waals surface area contributed by atoms with E-state index in [9.17, 15) is 0 Å². The Morgan fingerprint density at radius 1 is 1.38 bits per heavy atom. The number of fused-ring (bicyclic) bond motifs is 1. The molecular formula is C10H13N3. The van der Waals surface area contributed by atoms with Crippen molar-refractivity contribution >= 4 is 10.9 Å². The summed E-state index contributed by atoms with van der Waals surface area (Å²) in [5.74, 6) is 0. The molecule has 0 radical (unpaired) electrons. The minimum atomic E-state index is 0.601. The Labute approximate surface area is 76.9 Å². The number of benzene rings is 1. The third-order valence-corrected chi connectivity index (χ3v) is 2.36. The number of aromatic nitrogens is 2. The van der Waals surface area contributed by atoms with Gasteiger partial charge in [0.1, 0.15) is 0 Å². The van der Waals surface area contributed by atoms with Crippen LogP contribution in [0.15, 0.2) is 18.3 Å². The van der Waals surface area contributed by atoms with Crippen molar-refractivity contribution < 1.29 is 0 Å². The smallest absolute Gasteiger partial charge is 0.0653 e. The minimum absolute atomic E-state index is 0.601. The van der Waals surface area contributed by atoms with E-state index in [2.05, 4.69) is 29.3 Å². The summed E-state index contributed by atoms with van der Waals surface area (Å²) < 4.78 is 0. The van der Waals surface area contributed by atoms with E-state index in [1.807, 2.05) is 6.20 Å². The fraction of sp³-hybridized carbons (Fsp3) is 0.300. The largest absolute Gasteiger partial charge is 0.326 e. The van der Waals surface area contributed by atoms with Crippen LogP contribution >= 0.6 is 0 Å². The monoisotopic (exact) mass is 175 g/mol. The fourth-order valence-corrected chi connectivity index (χ4v) is 1.60. The molecule has 13 heavy (non-hydrogen) atoms. The Kier molecular flexibility index (Phi) is 2.02. The van der Waals surface area contributed by atoms with Gasteiger partial charge >= 0.3 is 0 Å². The molecule has 0 saturated carbocycles. The van der Waals surface area contributed by atoms with Crippen molar-refractivity contribution in [2.45, 2.75) is 19.9 Å². The molecule has 2 aromatic rings. The molecule has 0 unspecified atom stereocenters.